The molecule has 148 valence electrons. The minimum atomic E-state index is -2.24. The number of hydrogen-bond acceptors (Lipinski definition) is 6. The van der Waals surface area contributed by atoms with Crippen molar-refractivity contribution < 1.29 is 18.6 Å². The summed E-state index contributed by atoms with van der Waals surface area (Å²) >= 11 is 0. The third kappa shape index (κ3) is 1.95. The van der Waals surface area contributed by atoms with Gasteiger partial charge in [0.15, 0.2) is 11.2 Å². The molecule has 0 saturated carbocycles. The van der Waals surface area contributed by atoms with Crippen molar-refractivity contribution in [3.63, 3.8) is 0 Å². The summed E-state index contributed by atoms with van der Waals surface area (Å²) in [6.45, 7) is 3.54. The minimum Gasteiger partial charge on any atom is -0.461 e. The normalized spacial score (nSPS) is 26.6. The van der Waals surface area contributed by atoms with Crippen molar-refractivity contribution in [2.45, 2.75) is 31.0 Å². The molecule has 3 heterocycles. The fourth-order valence-electron chi connectivity index (χ4n) is 4.67. The van der Waals surface area contributed by atoms with Gasteiger partial charge in [0.1, 0.15) is 5.82 Å². The van der Waals surface area contributed by atoms with Crippen molar-refractivity contribution >= 4 is 5.95 Å². The molecule has 7 nitrogen and oxygen atoms in total. The van der Waals surface area contributed by atoms with Crippen LogP contribution in [0, 0.1) is 18.7 Å². The maximum atomic E-state index is 14.9. The fourth-order valence-corrected chi connectivity index (χ4v) is 4.67. The van der Waals surface area contributed by atoms with Crippen molar-refractivity contribution in [1.82, 2.24) is 15.0 Å². The molecule has 0 fully saturated rings. The van der Waals surface area contributed by atoms with Crippen molar-refractivity contribution in [2.24, 2.45) is 0 Å². The largest absolute Gasteiger partial charge is 0.461 e. The van der Waals surface area contributed by atoms with E-state index in [0.29, 0.717) is 11.6 Å². The van der Waals surface area contributed by atoms with Gasteiger partial charge in [-0.05, 0) is 12.5 Å². The van der Waals surface area contributed by atoms with Gasteiger partial charge in [0.25, 0.3) is 5.56 Å². The van der Waals surface area contributed by atoms with Gasteiger partial charge in [-0.25, -0.2) is 9.37 Å². The second-order valence-corrected chi connectivity index (χ2v) is 7.46. The molecule has 9 heteroatoms. The summed E-state index contributed by atoms with van der Waals surface area (Å²) < 4.78 is 34.8. The lowest BCUT2D eigenvalue weighted by Crippen LogP contribution is -2.49. The van der Waals surface area contributed by atoms with Gasteiger partial charge >= 0.3 is 0 Å². The first kappa shape index (κ1) is 17.7. The Kier molecular flexibility index (Phi) is 3.29. The summed E-state index contributed by atoms with van der Waals surface area (Å²) in [6, 6.07) is 7.57. The van der Waals surface area contributed by atoms with Crippen LogP contribution in [-0.4, -0.2) is 20.1 Å². The molecule has 0 saturated heterocycles. The van der Waals surface area contributed by atoms with E-state index >= 15 is 0 Å². The number of nitrogens with two attached hydrogens (primary N) is 1. The summed E-state index contributed by atoms with van der Waals surface area (Å²) in [5, 5.41) is 12.0. The second-order valence-electron chi connectivity index (χ2n) is 7.46. The summed E-state index contributed by atoms with van der Waals surface area (Å²) in [5.41, 5.74) is 2.27. The Morgan fingerprint density at radius 3 is 2.62 bits per heavy atom. The molecule has 0 bridgehead atoms. The number of nitrogen functional groups attached to an aromatic ring is 1. The molecule has 0 amide bonds. The Morgan fingerprint density at radius 1 is 1.24 bits per heavy atom. The first-order chi connectivity index (χ1) is 13.7. The summed E-state index contributed by atoms with van der Waals surface area (Å²) in [4.78, 5) is 22.9. The van der Waals surface area contributed by atoms with Crippen LogP contribution in [0.3, 0.4) is 0 Å². The van der Waals surface area contributed by atoms with Crippen molar-refractivity contribution in [2.75, 3.05) is 5.73 Å². The van der Waals surface area contributed by atoms with E-state index in [1.54, 1.807) is 31.2 Å². The summed E-state index contributed by atoms with van der Waals surface area (Å²) in [6.07, 6.45) is 0. The van der Waals surface area contributed by atoms with Gasteiger partial charge in [-0.2, -0.15) is 9.37 Å². The number of ether oxygens (including phenoxy) is 1. The van der Waals surface area contributed by atoms with Crippen LogP contribution in [0.1, 0.15) is 40.8 Å². The van der Waals surface area contributed by atoms with E-state index in [2.05, 4.69) is 15.0 Å². The maximum absolute atomic E-state index is 14.9. The van der Waals surface area contributed by atoms with E-state index < -0.39 is 34.4 Å². The monoisotopic (exact) mass is 398 g/mol. The lowest BCUT2D eigenvalue weighted by molar-refractivity contribution is -0.0958. The molecule has 0 unspecified atom stereocenters. The highest BCUT2D eigenvalue weighted by Crippen LogP contribution is 2.65. The van der Waals surface area contributed by atoms with Crippen LogP contribution in [-0.2, 0) is 11.2 Å². The van der Waals surface area contributed by atoms with Crippen LogP contribution >= 0.6 is 0 Å². The van der Waals surface area contributed by atoms with Crippen LogP contribution in [0.2, 0.25) is 0 Å². The van der Waals surface area contributed by atoms with Gasteiger partial charge in [0.05, 0.1) is 11.3 Å². The average molecular weight is 398 g/mol. The first-order valence-electron chi connectivity index (χ1n) is 8.95. The summed E-state index contributed by atoms with van der Waals surface area (Å²) in [7, 11) is 0. The van der Waals surface area contributed by atoms with Crippen molar-refractivity contribution in [3.05, 3.63) is 80.4 Å². The number of aryl methyl sites for hydroxylation is 1. The predicted octanol–water partition coefficient (Wildman–Crippen LogP) is 1.97. The van der Waals surface area contributed by atoms with E-state index in [0.717, 1.165) is 5.56 Å². The number of fused-ring (bicyclic) bond motifs is 5. The van der Waals surface area contributed by atoms with Gasteiger partial charge in [-0.1, -0.05) is 36.8 Å². The molecular weight excluding hydrogens is 382 g/mol. The number of benzene rings is 1. The smallest absolute Gasteiger partial charge is 0.256 e. The van der Waals surface area contributed by atoms with Crippen LogP contribution in [0.25, 0.3) is 0 Å². The van der Waals surface area contributed by atoms with E-state index in [9.17, 15) is 18.7 Å². The van der Waals surface area contributed by atoms with Gasteiger partial charge < -0.3 is 15.6 Å². The maximum Gasteiger partial charge on any atom is 0.256 e. The zero-order chi connectivity index (χ0) is 20.7. The highest BCUT2D eigenvalue weighted by Gasteiger charge is 2.72. The zero-order valence-corrected chi connectivity index (χ0v) is 15.5. The molecular formula is C20H16F2N4O3. The average Bonchev–Trinajstić information content (AvgIpc) is 3.00. The van der Waals surface area contributed by atoms with Crippen LogP contribution < -0.4 is 16.0 Å². The van der Waals surface area contributed by atoms with E-state index in [1.807, 2.05) is 6.92 Å². The lowest BCUT2D eigenvalue weighted by Gasteiger charge is -2.38. The van der Waals surface area contributed by atoms with Gasteiger partial charge in [0, 0.05) is 17.5 Å². The Balaban J connectivity index is 1.94. The third-order valence-corrected chi connectivity index (χ3v) is 5.90. The van der Waals surface area contributed by atoms with Gasteiger partial charge in [0.2, 0.25) is 17.8 Å². The molecule has 0 radical (unpaired) electrons. The second kappa shape index (κ2) is 5.38. The van der Waals surface area contributed by atoms with Crippen LogP contribution in [0.15, 0.2) is 35.1 Å². The summed E-state index contributed by atoms with van der Waals surface area (Å²) in [5.74, 6) is -3.54. The molecule has 29 heavy (non-hydrogen) atoms. The number of H-pyrrole nitrogens is 1. The molecule has 2 aromatic heterocycles. The topological polar surface area (TPSA) is 114 Å². The van der Waals surface area contributed by atoms with E-state index in [-0.39, 0.29) is 28.6 Å². The number of pyridine rings is 1. The number of nitrogens with zero attached hydrogens (tertiary/aromatic N) is 2. The van der Waals surface area contributed by atoms with E-state index in [4.69, 9.17) is 10.5 Å². The Morgan fingerprint density at radius 2 is 1.93 bits per heavy atom. The molecule has 1 aliphatic heterocycles. The standard InChI is InChI=1S/C20H16F2N4O3/c1-8-3-5-10(6-4-8)20-9(2)13-15(25-18(23)26-16(13)27)19(20,28)14-11(21)7-12(22)24-17(14)29-20/h3-7,9,28H,1-2H3,(H3,23,25,26,27)/t9-,19+,20-/m1/s1. The van der Waals surface area contributed by atoms with E-state index in [1.165, 1.54) is 0 Å². The number of rotatable bonds is 1. The van der Waals surface area contributed by atoms with Crippen molar-refractivity contribution in [1.29, 1.82) is 0 Å². The highest BCUT2D eigenvalue weighted by molar-refractivity contribution is 5.60. The van der Waals surface area contributed by atoms with Gasteiger partial charge in [-0.15, -0.1) is 0 Å². The molecule has 1 aromatic carbocycles. The molecule has 4 N–H and O–H groups in total. The number of aliphatic hydroxyl groups is 1. The quantitative estimate of drug-likeness (QED) is 0.540. The molecule has 2 aliphatic rings. The number of aromatic nitrogens is 3. The third-order valence-electron chi connectivity index (χ3n) is 5.90. The SMILES string of the molecule is Cc1ccc([C@@]23Oc4nc(F)cc(F)c4[C@]2(O)c2nc(N)[nH]c(=O)c2[C@H]3C)cc1. The minimum absolute atomic E-state index is 0.122. The fraction of sp³-hybridized carbons (Fsp3) is 0.250. The molecule has 5 rings (SSSR count). The Bertz CT molecular complexity index is 1240. The Labute approximate surface area is 163 Å². The van der Waals surface area contributed by atoms with Crippen LogP contribution in [0.4, 0.5) is 14.7 Å². The molecule has 0 spiro atoms. The number of aromatic amines is 1. The van der Waals surface area contributed by atoms with Crippen molar-refractivity contribution in [3.8, 4) is 5.88 Å². The Hall–Kier alpha value is -3.33. The molecule has 1 aliphatic carbocycles. The highest BCUT2D eigenvalue weighted by atomic mass is 19.1. The zero-order valence-electron chi connectivity index (χ0n) is 15.5. The van der Waals surface area contributed by atoms with Crippen LogP contribution in [0.5, 0.6) is 5.88 Å². The molecule has 3 aromatic rings. The number of anilines is 1. The number of hydrogen-bond donors (Lipinski definition) is 3. The number of nitrogens with one attached hydrogen (secondary N) is 1. The van der Waals surface area contributed by atoms with Gasteiger partial charge in [-0.3, -0.25) is 9.78 Å². The lowest BCUT2D eigenvalue weighted by atomic mass is 9.73. The number of halogens is 2. The molecule has 3 atom stereocenters. The predicted molar refractivity (Wildman–Crippen MR) is 98.3 cm³/mol. The first-order valence-corrected chi connectivity index (χ1v) is 8.95.